The first-order valence-corrected chi connectivity index (χ1v) is 12.8. The fourth-order valence-electron chi connectivity index (χ4n) is 4.32. The van der Waals surface area contributed by atoms with Gasteiger partial charge in [-0.15, -0.1) is 0 Å². The number of likely N-dealkylation sites (N-methyl/N-ethyl adjacent to an activating group) is 1. The summed E-state index contributed by atoms with van der Waals surface area (Å²) in [5, 5.41) is 9.10. The van der Waals surface area contributed by atoms with Gasteiger partial charge in [-0.1, -0.05) is 61.9 Å². The maximum absolute atomic E-state index is 13.1. The molecule has 2 atom stereocenters. The van der Waals surface area contributed by atoms with Gasteiger partial charge in [0.1, 0.15) is 18.4 Å². The van der Waals surface area contributed by atoms with Crippen LogP contribution >= 0.6 is 0 Å². The smallest absolute Gasteiger partial charge is 0.242 e. The fraction of sp³-hybridized carbons (Fsp3) is 0.464. The van der Waals surface area contributed by atoms with Gasteiger partial charge >= 0.3 is 0 Å². The minimum atomic E-state index is -0.734. The summed E-state index contributed by atoms with van der Waals surface area (Å²) in [6.45, 7) is 3.31. The molecular weight excluding hydrogens is 456 g/mol. The van der Waals surface area contributed by atoms with Crippen LogP contribution in [0.15, 0.2) is 54.6 Å². The second kappa shape index (κ2) is 14.2. The van der Waals surface area contributed by atoms with Crippen molar-refractivity contribution in [1.29, 1.82) is 0 Å². The third-order valence-corrected chi connectivity index (χ3v) is 6.21. The molecule has 0 aromatic heterocycles. The van der Waals surface area contributed by atoms with Crippen molar-refractivity contribution >= 4 is 17.7 Å². The number of aryl methyl sites for hydroxylation is 1. The number of amides is 3. The number of hydrogen-bond donors (Lipinski definition) is 3. The standard InChI is InChI=1S/C28H38N4O4/c1-3-10-23-28(35)32(2)20-26(33)31-24(19-21-11-5-4-6-12-21)27(34)30-16-9-14-22-13-7-8-15-25(22)36-18-17-29-23/h4-8,11-13,15,23-24,29H,3,9-10,14,16-20H2,1-2H3,(H,30,34)(H,31,33)/t23-,24-/m0/s1. The van der Waals surface area contributed by atoms with Crippen molar-refractivity contribution in [1.82, 2.24) is 20.9 Å². The molecule has 3 amide bonds. The Hall–Kier alpha value is -3.39. The monoisotopic (exact) mass is 494 g/mol. The summed E-state index contributed by atoms with van der Waals surface area (Å²) in [4.78, 5) is 40.4. The first-order valence-electron chi connectivity index (χ1n) is 12.8. The highest BCUT2D eigenvalue weighted by molar-refractivity contribution is 5.91. The highest BCUT2D eigenvalue weighted by atomic mass is 16.5. The average molecular weight is 495 g/mol. The number of para-hydroxylation sites is 1. The number of carbonyl (C=O) groups excluding carboxylic acids is 3. The van der Waals surface area contributed by atoms with E-state index in [-0.39, 0.29) is 24.3 Å². The second-order valence-corrected chi connectivity index (χ2v) is 9.15. The highest BCUT2D eigenvalue weighted by Gasteiger charge is 2.25. The molecule has 0 radical (unpaired) electrons. The zero-order valence-electron chi connectivity index (χ0n) is 21.3. The SMILES string of the molecule is CCC[C@@H]1NCCOc2ccccc2CCCNC(=O)[C@H](Cc2ccccc2)NC(=O)CN(C)C1=O. The van der Waals surface area contributed by atoms with Crippen LogP contribution in [0.1, 0.15) is 37.3 Å². The Morgan fingerprint density at radius 2 is 1.72 bits per heavy atom. The molecule has 0 spiro atoms. The van der Waals surface area contributed by atoms with Crippen molar-refractivity contribution < 1.29 is 19.1 Å². The molecular formula is C28H38N4O4. The molecule has 36 heavy (non-hydrogen) atoms. The van der Waals surface area contributed by atoms with Crippen LogP contribution in [0.2, 0.25) is 0 Å². The molecule has 0 aliphatic carbocycles. The van der Waals surface area contributed by atoms with Crippen LogP contribution in [0.3, 0.4) is 0 Å². The first-order chi connectivity index (χ1) is 17.5. The molecule has 3 rings (SSSR count). The van der Waals surface area contributed by atoms with Crippen LogP contribution in [0.5, 0.6) is 5.75 Å². The molecule has 2 aromatic carbocycles. The number of fused-ring (bicyclic) bond motifs is 1. The third kappa shape index (κ3) is 8.37. The third-order valence-electron chi connectivity index (χ3n) is 6.21. The van der Waals surface area contributed by atoms with Crippen LogP contribution < -0.4 is 20.7 Å². The molecule has 1 heterocycles. The topological polar surface area (TPSA) is 99.8 Å². The normalized spacial score (nSPS) is 20.8. The molecule has 3 N–H and O–H groups in total. The van der Waals surface area contributed by atoms with E-state index in [0.29, 0.717) is 32.5 Å². The summed E-state index contributed by atoms with van der Waals surface area (Å²) in [7, 11) is 1.61. The van der Waals surface area contributed by atoms with Crippen molar-refractivity contribution in [3.8, 4) is 5.75 Å². The molecule has 0 saturated carbocycles. The lowest BCUT2D eigenvalue weighted by Gasteiger charge is -2.25. The molecule has 1 aliphatic rings. The Balaban J connectivity index is 1.78. The van der Waals surface area contributed by atoms with Crippen molar-refractivity contribution in [2.45, 2.75) is 51.1 Å². The number of hydrogen-bond acceptors (Lipinski definition) is 5. The lowest BCUT2D eigenvalue weighted by atomic mass is 10.0. The lowest BCUT2D eigenvalue weighted by molar-refractivity contribution is -0.137. The van der Waals surface area contributed by atoms with E-state index in [1.807, 2.05) is 61.5 Å². The summed E-state index contributed by atoms with van der Waals surface area (Å²) in [6, 6.07) is 16.3. The van der Waals surface area contributed by atoms with E-state index in [1.54, 1.807) is 7.05 Å². The summed E-state index contributed by atoms with van der Waals surface area (Å²) in [6.07, 6.45) is 3.34. The highest BCUT2D eigenvalue weighted by Crippen LogP contribution is 2.19. The van der Waals surface area contributed by atoms with Gasteiger partial charge in [0.15, 0.2) is 0 Å². The van der Waals surface area contributed by atoms with Gasteiger partial charge in [0.05, 0.1) is 12.6 Å². The Morgan fingerprint density at radius 1 is 0.972 bits per heavy atom. The molecule has 0 saturated heterocycles. The number of nitrogens with zero attached hydrogens (tertiary/aromatic N) is 1. The van der Waals surface area contributed by atoms with Gasteiger partial charge in [0.25, 0.3) is 0 Å². The summed E-state index contributed by atoms with van der Waals surface area (Å²) >= 11 is 0. The molecule has 0 unspecified atom stereocenters. The minimum Gasteiger partial charge on any atom is -0.492 e. The molecule has 194 valence electrons. The van der Waals surface area contributed by atoms with Crippen LogP contribution in [0.4, 0.5) is 0 Å². The van der Waals surface area contributed by atoms with E-state index in [9.17, 15) is 14.4 Å². The lowest BCUT2D eigenvalue weighted by Crippen LogP contribution is -2.53. The quantitative estimate of drug-likeness (QED) is 0.604. The molecule has 8 nitrogen and oxygen atoms in total. The van der Waals surface area contributed by atoms with Crippen molar-refractivity contribution in [3.05, 3.63) is 65.7 Å². The van der Waals surface area contributed by atoms with Gasteiger partial charge in [-0.3, -0.25) is 14.4 Å². The summed E-state index contributed by atoms with van der Waals surface area (Å²) in [5.41, 5.74) is 2.02. The number of carbonyl (C=O) groups is 3. The van der Waals surface area contributed by atoms with Gasteiger partial charge in [-0.05, 0) is 36.5 Å². The van der Waals surface area contributed by atoms with Crippen LogP contribution in [-0.2, 0) is 27.2 Å². The summed E-state index contributed by atoms with van der Waals surface area (Å²) < 4.78 is 6.00. The predicted molar refractivity (Wildman–Crippen MR) is 140 cm³/mol. The van der Waals surface area contributed by atoms with Gasteiger partial charge in [0, 0.05) is 26.6 Å². The Bertz CT molecular complexity index is 998. The van der Waals surface area contributed by atoms with E-state index >= 15 is 0 Å². The van der Waals surface area contributed by atoms with Gasteiger partial charge < -0.3 is 25.6 Å². The maximum Gasteiger partial charge on any atom is 0.242 e. The van der Waals surface area contributed by atoms with Crippen molar-refractivity contribution in [2.75, 3.05) is 33.3 Å². The Kier molecular flexibility index (Phi) is 10.8. The predicted octanol–water partition coefficient (Wildman–Crippen LogP) is 2.07. The Morgan fingerprint density at radius 3 is 2.50 bits per heavy atom. The molecule has 2 aromatic rings. The first kappa shape index (κ1) is 27.2. The summed E-state index contributed by atoms with van der Waals surface area (Å²) in [5.74, 6) is 0.0574. The Labute approximate surface area is 213 Å². The molecule has 8 heteroatoms. The van der Waals surface area contributed by atoms with E-state index in [2.05, 4.69) is 16.0 Å². The molecule has 1 aliphatic heterocycles. The van der Waals surface area contributed by atoms with Crippen LogP contribution in [0.25, 0.3) is 0 Å². The number of ether oxygens (including phenoxy) is 1. The molecule has 0 fully saturated rings. The van der Waals surface area contributed by atoms with Gasteiger partial charge in [-0.25, -0.2) is 0 Å². The fourth-order valence-corrected chi connectivity index (χ4v) is 4.32. The minimum absolute atomic E-state index is 0.122. The number of nitrogens with one attached hydrogen (secondary N) is 3. The van der Waals surface area contributed by atoms with Crippen LogP contribution in [-0.4, -0.2) is 68.0 Å². The molecule has 0 bridgehead atoms. The maximum atomic E-state index is 13.1. The van der Waals surface area contributed by atoms with E-state index in [1.165, 1.54) is 4.90 Å². The number of benzene rings is 2. The van der Waals surface area contributed by atoms with E-state index in [0.717, 1.165) is 36.1 Å². The van der Waals surface area contributed by atoms with Crippen LogP contribution in [0, 0.1) is 0 Å². The zero-order chi connectivity index (χ0) is 25.8. The van der Waals surface area contributed by atoms with Gasteiger partial charge in [0.2, 0.25) is 17.7 Å². The van der Waals surface area contributed by atoms with E-state index in [4.69, 9.17) is 4.74 Å². The van der Waals surface area contributed by atoms with Crippen molar-refractivity contribution in [2.24, 2.45) is 0 Å². The largest absolute Gasteiger partial charge is 0.492 e. The number of rotatable bonds is 4. The van der Waals surface area contributed by atoms with Crippen molar-refractivity contribution in [3.63, 3.8) is 0 Å². The zero-order valence-corrected chi connectivity index (χ0v) is 21.3. The average Bonchev–Trinajstić information content (AvgIpc) is 2.88. The second-order valence-electron chi connectivity index (χ2n) is 9.15. The van der Waals surface area contributed by atoms with E-state index < -0.39 is 12.1 Å². The van der Waals surface area contributed by atoms with Gasteiger partial charge in [-0.2, -0.15) is 0 Å².